The van der Waals surface area contributed by atoms with E-state index < -0.39 is 30.9 Å². The number of aryl methyl sites for hydroxylation is 1. The number of nitrogens with zero attached hydrogens (tertiary/aromatic N) is 5. The molecule has 166 valence electrons. The van der Waals surface area contributed by atoms with Crippen LogP contribution < -0.4 is 20.7 Å². The molecule has 0 bridgehead atoms. The maximum atomic E-state index is 13.2. The summed E-state index contributed by atoms with van der Waals surface area (Å²) in [5.41, 5.74) is 1.19. The van der Waals surface area contributed by atoms with Gasteiger partial charge in [-0.3, -0.25) is 9.59 Å². The predicted molar refractivity (Wildman–Crippen MR) is 113 cm³/mol. The molecular formula is C20H21FN8O3. The highest BCUT2D eigenvalue weighted by molar-refractivity contribution is 6.00. The Kier molecular flexibility index (Phi) is 4.71. The maximum absolute atomic E-state index is 13.2. The topological polar surface area (TPSA) is 136 Å². The monoisotopic (exact) mass is 443 g/mol. The molecule has 1 aliphatic rings. The fourth-order valence-electron chi connectivity index (χ4n) is 3.10. The number of anilines is 3. The summed E-state index contributed by atoms with van der Waals surface area (Å²) in [6.07, 6.45) is 0.461. The molecule has 2 heterocycles. The molecule has 0 radical (unpaired) electrons. The lowest BCUT2D eigenvalue weighted by molar-refractivity contribution is -0.117. The van der Waals surface area contributed by atoms with Crippen molar-refractivity contribution in [3.05, 3.63) is 36.2 Å². The largest absolute Gasteiger partial charge is 0.494 e. The number of rotatable bonds is 7. The second-order valence-electron chi connectivity index (χ2n) is 7.02. The van der Waals surface area contributed by atoms with Gasteiger partial charge in [0.1, 0.15) is 11.9 Å². The Morgan fingerprint density at radius 3 is 2.78 bits per heavy atom. The molecule has 1 saturated carbocycles. The minimum atomic E-state index is -2.77. The van der Waals surface area contributed by atoms with Gasteiger partial charge in [-0.15, -0.1) is 10.2 Å². The van der Waals surface area contributed by atoms with Crippen molar-refractivity contribution in [2.45, 2.75) is 12.6 Å². The van der Waals surface area contributed by atoms with Crippen LogP contribution in [-0.2, 0) is 11.8 Å². The van der Waals surface area contributed by atoms with Crippen LogP contribution in [-0.4, -0.2) is 57.3 Å². The molecular weight excluding hydrogens is 419 g/mol. The molecule has 0 saturated heterocycles. The number of hydrogen-bond acceptors (Lipinski definition) is 8. The number of benzene rings is 1. The lowest BCUT2D eigenvalue weighted by Gasteiger charge is -2.16. The lowest BCUT2D eigenvalue weighted by atomic mass is 10.1. The second-order valence-corrected chi connectivity index (χ2v) is 7.02. The van der Waals surface area contributed by atoms with Gasteiger partial charge in [0.2, 0.25) is 5.91 Å². The van der Waals surface area contributed by atoms with Crippen molar-refractivity contribution in [1.29, 1.82) is 0 Å². The molecule has 0 aliphatic heterocycles. The number of alkyl halides is 1. The number of hydrogen-bond donors (Lipinski definition) is 3. The fourth-order valence-corrected chi connectivity index (χ4v) is 3.10. The quantitative estimate of drug-likeness (QED) is 0.502. The number of para-hydroxylation sites is 1. The Morgan fingerprint density at radius 2 is 2.12 bits per heavy atom. The molecule has 1 fully saturated rings. The zero-order valence-corrected chi connectivity index (χ0v) is 17.1. The minimum absolute atomic E-state index is 0.0271. The molecule has 0 spiro atoms. The van der Waals surface area contributed by atoms with E-state index in [0.717, 1.165) is 0 Å². The van der Waals surface area contributed by atoms with Crippen LogP contribution in [0, 0.1) is 5.92 Å². The normalized spacial score (nSPS) is 18.7. The predicted octanol–water partition coefficient (Wildman–Crippen LogP) is 1.68. The summed E-state index contributed by atoms with van der Waals surface area (Å²) in [6, 6.07) is 6.42. The Hall–Kier alpha value is -4.09. The first-order chi connectivity index (χ1) is 16.6. The molecule has 12 heteroatoms. The van der Waals surface area contributed by atoms with Crippen LogP contribution in [0.4, 0.5) is 21.6 Å². The van der Waals surface area contributed by atoms with E-state index >= 15 is 0 Å². The summed E-state index contributed by atoms with van der Waals surface area (Å²) in [4.78, 5) is 26.1. The smallest absolute Gasteiger partial charge is 0.273 e. The van der Waals surface area contributed by atoms with Gasteiger partial charge in [-0.05, 0) is 18.6 Å². The molecule has 2 amide bonds. The molecule has 3 aromatic rings. The highest BCUT2D eigenvalue weighted by Crippen LogP contribution is 2.38. The van der Waals surface area contributed by atoms with Crippen LogP contribution >= 0.6 is 0 Å². The highest BCUT2D eigenvalue weighted by Gasteiger charge is 2.43. The van der Waals surface area contributed by atoms with E-state index in [4.69, 9.17) is 8.85 Å². The third kappa shape index (κ3) is 4.19. The number of carbonyl (C=O) groups excluding carboxylic acids is 2. The maximum Gasteiger partial charge on any atom is 0.273 e. The first kappa shape index (κ1) is 17.6. The summed E-state index contributed by atoms with van der Waals surface area (Å²) in [7, 11) is 3.11. The van der Waals surface area contributed by atoms with E-state index in [1.54, 1.807) is 31.4 Å². The first-order valence-corrected chi connectivity index (χ1v) is 9.51. The van der Waals surface area contributed by atoms with Gasteiger partial charge in [0.05, 0.1) is 30.6 Å². The standard InChI is InChI=1S/C20H21FN8O3/c1-22-20(31)17-14(8-16(26-27-17)25-19(30)11-7-12(11)21)24-13-6-4-5-10(18(13)32-3)15-9-23-29(2)28-15/h4-6,8-9,11-12H,7H2,1-3H3,(H,22,31)(H2,24,25,26,30)/t11-,12-/m1/s1/i1D3. The van der Waals surface area contributed by atoms with Gasteiger partial charge in [-0.1, -0.05) is 6.07 Å². The molecule has 1 aliphatic carbocycles. The number of aromatic nitrogens is 5. The van der Waals surface area contributed by atoms with Crippen molar-refractivity contribution >= 4 is 29.0 Å². The van der Waals surface area contributed by atoms with Crippen LogP contribution in [0.1, 0.15) is 21.0 Å². The fraction of sp³-hybridized carbons (Fsp3) is 0.300. The molecule has 2 aromatic heterocycles. The third-order valence-electron chi connectivity index (χ3n) is 4.79. The summed E-state index contributed by atoms with van der Waals surface area (Å²) >= 11 is 0. The van der Waals surface area contributed by atoms with Crippen LogP contribution in [0.25, 0.3) is 11.3 Å². The van der Waals surface area contributed by atoms with Crippen molar-refractivity contribution in [2.24, 2.45) is 13.0 Å². The summed E-state index contributed by atoms with van der Waals surface area (Å²) in [5, 5.41) is 23.2. The first-order valence-electron chi connectivity index (χ1n) is 11.0. The average molecular weight is 443 g/mol. The van der Waals surface area contributed by atoms with Crippen molar-refractivity contribution in [2.75, 3.05) is 24.7 Å². The van der Waals surface area contributed by atoms with Crippen LogP contribution in [0.15, 0.2) is 30.5 Å². The van der Waals surface area contributed by atoms with E-state index in [-0.39, 0.29) is 23.6 Å². The molecule has 11 nitrogen and oxygen atoms in total. The molecule has 4 rings (SSSR count). The van der Waals surface area contributed by atoms with Gasteiger partial charge in [0, 0.05) is 29.8 Å². The molecule has 3 N–H and O–H groups in total. The minimum Gasteiger partial charge on any atom is -0.494 e. The Balaban J connectivity index is 1.71. The van der Waals surface area contributed by atoms with E-state index in [2.05, 4.69) is 31.0 Å². The van der Waals surface area contributed by atoms with E-state index in [0.29, 0.717) is 22.7 Å². The van der Waals surface area contributed by atoms with Gasteiger partial charge in [0.15, 0.2) is 17.3 Å². The van der Waals surface area contributed by atoms with Gasteiger partial charge >= 0.3 is 0 Å². The number of amides is 2. The molecule has 32 heavy (non-hydrogen) atoms. The Morgan fingerprint density at radius 1 is 1.31 bits per heavy atom. The highest BCUT2D eigenvalue weighted by atomic mass is 19.1. The summed E-state index contributed by atoms with van der Waals surface area (Å²) in [6.45, 7) is -2.77. The average Bonchev–Trinajstić information content (AvgIpc) is 3.36. The van der Waals surface area contributed by atoms with Gasteiger partial charge in [0.25, 0.3) is 5.91 Å². The van der Waals surface area contributed by atoms with E-state index in [9.17, 15) is 14.0 Å². The molecule has 1 aromatic carbocycles. The SMILES string of the molecule is [2H]C([2H])([2H])NC(=O)c1nnc(NC(=O)[C@@H]2C[C@H]2F)cc1Nc1cccc(-c2cnn(C)n2)c1OC. The Labute approximate surface area is 186 Å². The lowest BCUT2D eigenvalue weighted by Crippen LogP contribution is -2.22. The number of halogens is 1. The van der Waals surface area contributed by atoms with Gasteiger partial charge < -0.3 is 20.7 Å². The van der Waals surface area contributed by atoms with Gasteiger partial charge in [-0.25, -0.2) is 4.39 Å². The summed E-state index contributed by atoms with van der Waals surface area (Å²) < 4.78 is 40.7. The van der Waals surface area contributed by atoms with Crippen LogP contribution in [0.3, 0.4) is 0 Å². The molecule has 0 unspecified atom stereocenters. The zero-order chi connectivity index (χ0) is 25.3. The van der Waals surface area contributed by atoms with Crippen molar-refractivity contribution in [3.63, 3.8) is 0 Å². The number of nitrogens with one attached hydrogen (secondary N) is 3. The zero-order valence-electron chi connectivity index (χ0n) is 20.1. The van der Waals surface area contributed by atoms with Gasteiger partial charge in [-0.2, -0.15) is 15.0 Å². The third-order valence-corrected chi connectivity index (χ3v) is 4.79. The second kappa shape index (κ2) is 8.57. The molecule has 2 atom stereocenters. The number of carbonyl (C=O) groups is 2. The van der Waals surface area contributed by atoms with Crippen LogP contribution in [0.2, 0.25) is 0 Å². The van der Waals surface area contributed by atoms with Crippen molar-refractivity contribution < 1.29 is 22.8 Å². The van der Waals surface area contributed by atoms with E-state index in [1.807, 2.05) is 5.32 Å². The summed E-state index contributed by atoms with van der Waals surface area (Å²) in [5.74, 6) is -2.05. The van der Waals surface area contributed by atoms with E-state index in [1.165, 1.54) is 18.0 Å². The number of ether oxygens (including phenoxy) is 1. The van der Waals surface area contributed by atoms with Crippen molar-refractivity contribution in [1.82, 2.24) is 30.5 Å². The Bertz CT molecular complexity index is 1280. The van der Waals surface area contributed by atoms with Crippen LogP contribution in [0.5, 0.6) is 5.75 Å². The number of methoxy groups -OCH3 is 1. The van der Waals surface area contributed by atoms with Crippen molar-refractivity contribution in [3.8, 4) is 17.0 Å².